The fourth-order valence-corrected chi connectivity index (χ4v) is 3.58. The van der Waals surface area contributed by atoms with Crippen molar-refractivity contribution in [2.75, 3.05) is 6.79 Å². The number of fused-ring (bicyclic) bond motifs is 2. The Bertz CT molecular complexity index is 1130. The van der Waals surface area contributed by atoms with Gasteiger partial charge in [-0.1, -0.05) is 12.1 Å². The second-order valence-electron chi connectivity index (χ2n) is 7.23. The van der Waals surface area contributed by atoms with E-state index < -0.39 is 0 Å². The van der Waals surface area contributed by atoms with Crippen molar-refractivity contribution < 1.29 is 14.3 Å². The maximum Gasteiger partial charge on any atom is 0.253 e. The molecule has 0 atom stereocenters. The minimum Gasteiger partial charge on any atom is -0.454 e. The zero-order valence-electron chi connectivity index (χ0n) is 16.2. The molecule has 2 heterocycles. The quantitative estimate of drug-likeness (QED) is 0.755. The molecule has 0 bridgehead atoms. The predicted octanol–water partition coefficient (Wildman–Crippen LogP) is 3.42. The largest absolute Gasteiger partial charge is 0.454 e. The summed E-state index contributed by atoms with van der Waals surface area (Å²) in [4.78, 5) is 29.4. The number of nitrogens with one attached hydrogen (secondary N) is 1. The van der Waals surface area contributed by atoms with Crippen molar-refractivity contribution in [2.45, 2.75) is 33.9 Å². The number of carbonyl (C=O) groups excluding carboxylic acids is 1. The molecule has 2 aromatic carbocycles. The molecule has 1 aliphatic rings. The van der Waals surface area contributed by atoms with Crippen LogP contribution in [-0.2, 0) is 17.9 Å². The van der Waals surface area contributed by atoms with Gasteiger partial charge in [0.2, 0.25) is 12.7 Å². The smallest absolute Gasteiger partial charge is 0.253 e. The van der Waals surface area contributed by atoms with Crippen LogP contribution in [0.4, 0.5) is 0 Å². The van der Waals surface area contributed by atoms with E-state index in [9.17, 15) is 9.59 Å². The van der Waals surface area contributed by atoms with Crippen molar-refractivity contribution in [2.24, 2.45) is 0 Å². The van der Waals surface area contributed by atoms with Gasteiger partial charge in [0.25, 0.3) is 5.56 Å². The number of hydrogen-bond donors (Lipinski definition) is 1. The van der Waals surface area contributed by atoms with Crippen LogP contribution in [0, 0.1) is 13.8 Å². The SMILES string of the molecule is CC(=O)N(Cc1ccc2c(c1)OCO2)Cc1cc2c(C)cc(C)cc2[nH]c1=O. The van der Waals surface area contributed by atoms with Gasteiger partial charge in [0.15, 0.2) is 11.5 Å². The van der Waals surface area contributed by atoms with Crippen molar-refractivity contribution >= 4 is 16.8 Å². The Morgan fingerprint density at radius 3 is 2.64 bits per heavy atom. The minimum atomic E-state index is -0.172. The number of aromatic amines is 1. The summed E-state index contributed by atoms with van der Waals surface area (Å²) in [6.45, 7) is 6.37. The first kappa shape index (κ1) is 18.1. The Balaban J connectivity index is 1.64. The number of ether oxygens (including phenoxy) is 2. The van der Waals surface area contributed by atoms with E-state index in [2.05, 4.69) is 11.1 Å². The highest BCUT2D eigenvalue weighted by Gasteiger charge is 2.17. The number of amides is 1. The third-order valence-electron chi connectivity index (χ3n) is 5.01. The van der Waals surface area contributed by atoms with Gasteiger partial charge < -0.3 is 19.4 Å². The molecular formula is C22H22N2O4. The lowest BCUT2D eigenvalue weighted by Gasteiger charge is -2.21. The van der Waals surface area contributed by atoms with Gasteiger partial charge in [0.05, 0.1) is 6.54 Å². The van der Waals surface area contributed by atoms with Gasteiger partial charge in [0.1, 0.15) is 0 Å². The van der Waals surface area contributed by atoms with Crippen LogP contribution in [0.25, 0.3) is 10.9 Å². The molecule has 0 radical (unpaired) electrons. The summed E-state index contributed by atoms with van der Waals surface area (Å²) in [7, 11) is 0. The first-order valence-corrected chi connectivity index (χ1v) is 9.18. The first-order valence-electron chi connectivity index (χ1n) is 9.18. The highest BCUT2D eigenvalue weighted by Crippen LogP contribution is 2.33. The molecule has 1 N–H and O–H groups in total. The number of carbonyl (C=O) groups is 1. The van der Waals surface area contributed by atoms with Crippen molar-refractivity contribution in [3.63, 3.8) is 0 Å². The monoisotopic (exact) mass is 378 g/mol. The molecule has 0 spiro atoms. The number of rotatable bonds is 4. The van der Waals surface area contributed by atoms with Crippen LogP contribution >= 0.6 is 0 Å². The van der Waals surface area contributed by atoms with Crippen molar-refractivity contribution in [1.82, 2.24) is 9.88 Å². The third kappa shape index (κ3) is 3.45. The molecule has 0 aliphatic carbocycles. The lowest BCUT2D eigenvalue weighted by atomic mass is 10.0. The average molecular weight is 378 g/mol. The molecule has 144 valence electrons. The van der Waals surface area contributed by atoms with Crippen LogP contribution in [-0.4, -0.2) is 22.6 Å². The fraction of sp³-hybridized carbons (Fsp3) is 0.273. The van der Waals surface area contributed by atoms with Gasteiger partial charge in [-0.2, -0.15) is 0 Å². The fourth-order valence-electron chi connectivity index (χ4n) is 3.58. The third-order valence-corrected chi connectivity index (χ3v) is 5.01. The van der Waals surface area contributed by atoms with Crippen molar-refractivity contribution in [3.8, 4) is 11.5 Å². The topological polar surface area (TPSA) is 71.6 Å². The van der Waals surface area contributed by atoms with E-state index >= 15 is 0 Å². The van der Waals surface area contributed by atoms with E-state index in [1.807, 2.05) is 44.2 Å². The van der Waals surface area contributed by atoms with Gasteiger partial charge in [-0.15, -0.1) is 0 Å². The number of aromatic nitrogens is 1. The second-order valence-corrected chi connectivity index (χ2v) is 7.23. The molecule has 28 heavy (non-hydrogen) atoms. The highest BCUT2D eigenvalue weighted by atomic mass is 16.7. The molecule has 0 saturated heterocycles. The van der Waals surface area contributed by atoms with Crippen LogP contribution in [0.5, 0.6) is 11.5 Å². The Kier molecular flexibility index (Phi) is 4.55. The molecule has 4 rings (SSSR count). The molecule has 6 heteroatoms. The average Bonchev–Trinajstić information content (AvgIpc) is 3.09. The normalized spacial score (nSPS) is 12.4. The Hall–Kier alpha value is -3.28. The number of aryl methyl sites for hydroxylation is 2. The van der Waals surface area contributed by atoms with Crippen LogP contribution < -0.4 is 15.0 Å². The van der Waals surface area contributed by atoms with Crippen molar-refractivity contribution in [3.05, 3.63) is 69.0 Å². The lowest BCUT2D eigenvalue weighted by molar-refractivity contribution is -0.130. The van der Waals surface area contributed by atoms with E-state index in [0.29, 0.717) is 23.6 Å². The van der Waals surface area contributed by atoms with E-state index in [-0.39, 0.29) is 24.8 Å². The number of hydrogen-bond acceptors (Lipinski definition) is 4. The number of H-pyrrole nitrogens is 1. The van der Waals surface area contributed by atoms with E-state index in [1.54, 1.807) is 4.90 Å². The second kappa shape index (κ2) is 7.03. The lowest BCUT2D eigenvalue weighted by Crippen LogP contribution is -2.30. The number of pyridine rings is 1. The molecule has 1 aliphatic heterocycles. The maximum atomic E-state index is 12.6. The van der Waals surface area contributed by atoms with Gasteiger partial charge in [-0.25, -0.2) is 0 Å². The summed E-state index contributed by atoms with van der Waals surface area (Å²) in [6, 6.07) is 11.5. The first-order chi connectivity index (χ1) is 13.4. The van der Waals surface area contributed by atoms with Crippen molar-refractivity contribution in [1.29, 1.82) is 0 Å². The molecule has 6 nitrogen and oxygen atoms in total. The predicted molar refractivity (Wildman–Crippen MR) is 107 cm³/mol. The van der Waals surface area contributed by atoms with Gasteiger partial charge >= 0.3 is 0 Å². The van der Waals surface area contributed by atoms with Gasteiger partial charge in [-0.3, -0.25) is 9.59 Å². The van der Waals surface area contributed by atoms with E-state index in [1.165, 1.54) is 6.92 Å². The standard InChI is InChI=1S/C22H22N2O4/c1-13-6-14(2)18-9-17(22(26)23-19(18)7-13)11-24(15(3)25)10-16-4-5-20-21(8-16)28-12-27-20/h4-9H,10-12H2,1-3H3,(H,23,26). The molecule has 0 unspecified atom stereocenters. The van der Waals surface area contributed by atoms with E-state index in [4.69, 9.17) is 9.47 Å². The van der Waals surface area contributed by atoms with Crippen LogP contribution in [0.15, 0.2) is 41.2 Å². The molecule has 3 aromatic rings. The summed E-state index contributed by atoms with van der Waals surface area (Å²) in [5.74, 6) is 1.28. The molecule has 0 saturated carbocycles. The van der Waals surface area contributed by atoms with Crippen LogP contribution in [0.2, 0.25) is 0 Å². The molecule has 0 fully saturated rings. The van der Waals surface area contributed by atoms with Crippen LogP contribution in [0.3, 0.4) is 0 Å². The summed E-state index contributed by atoms with van der Waals surface area (Å²) < 4.78 is 10.7. The van der Waals surface area contributed by atoms with Gasteiger partial charge in [0, 0.05) is 29.9 Å². The summed E-state index contributed by atoms with van der Waals surface area (Å²) in [6.07, 6.45) is 0. The maximum absolute atomic E-state index is 12.6. The van der Waals surface area contributed by atoms with Gasteiger partial charge in [-0.05, 0) is 54.8 Å². The summed E-state index contributed by atoms with van der Waals surface area (Å²) in [5.41, 5.74) is 4.32. The zero-order valence-corrected chi connectivity index (χ0v) is 16.2. The Morgan fingerprint density at radius 1 is 1.07 bits per heavy atom. The zero-order chi connectivity index (χ0) is 19.8. The Morgan fingerprint density at radius 2 is 1.86 bits per heavy atom. The van der Waals surface area contributed by atoms with E-state index in [0.717, 1.165) is 27.6 Å². The highest BCUT2D eigenvalue weighted by molar-refractivity contribution is 5.83. The number of nitrogens with zero attached hydrogens (tertiary/aromatic N) is 1. The Labute approximate surface area is 162 Å². The molecule has 1 aromatic heterocycles. The summed E-state index contributed by atoms with van der Waals surface area (Å²) in [5, 5.41) is 0.992. The summed E-state index contributed by atoms with van der Waals surface area (Å²) >= 11 is 0. The molecule has 1 amide bonds. The number of benzene rings is 2. The minimum absolute atomic E-state index is 0.0993. The molecular weight excluding hydrogens is 356 g/mol. The van der Waals surface area contributed by atoms with Crippen LogP contribution in [0.1, 0.15) is 29.2 Å².